The third-order valence-corrected chi connectivity index (χ3v) is 5.07. The van der Waals surface area contributed by atoms with Crippen LogP contribution in [0.3, 0.4) is 0 Å². The topological polar surface area (TPSA) is 68.0 Å². The van der Waals surface area contributed by atoms with E-state index in [4.69, 9.17) is 4.52 Å². The summed E-state index contributed by atoms with van der Waals surface area (Å²) in [5.74, 6) is 0.314. The van der Waals surface area contributed by atoms with Crippen LogP contribution in [0.15, 0.2) is 27.1 Å². The Kier molecular flexibility index (Phi) is 3.69. The molecule has 0 spiro atoms. The summed E-state index contributed by atoms with van der Waals surface area (Å²) in [6, 6.07) is 5.69. The first-order chi connectivity index (χ1) is 10.1. The molecule has 5 nitrogen and oxygen atoms in total. The highest BCUT2D eigenvalue weighted by Crippen LogP contribution is 2.30. The number of anilines is 1. The second kappa shape index (κ2) is 5.50. The van der Waals surface area contributed by atoms with E-state index >= 15 is 0 Å². The smallest absolute Gasteiger partial charge is 0.261 e. The Balaban J connectivity index is 1.89. The number of carbonyl (C=O) groups excluding carboxylic acids is 1. The van der Waals surface area contributed by atoms with E-state index in [2.05, 4.69) is 15.5 Å². The first-order valence-electron chi connectivity index (χ1n) is 6.27. The molecule has 0 saturated heterocycles. The van der Waals surface area contributed by atoms with Gasteiger partial charge in [-0.25, -0.2) is 4.98 Å². The zero-order chi connectivity index (χ0) is 15.0. The van der Waals surface area contributed by atoms with Crippen molar-refractivity contribution in [2.75, 3.05) is 11.6 Å². The van der Waals surface area contributed by atoms with E-state index in [0.717, 1.165) is 20.2 Å². The third kappa shape index (κ3) is 2.66. The van der Waals surface area contributed by atoms with Crippen molar-refractivity contribution in [2.24, 2.45) is 0 Å². The molecule has 1 aromatic carbocycles. The number of amides is 1. The molecule has 0 bridgehead atoms. The summed E-state index contributed by atoms with van der Waals surface area (Å²) in [6.07, 6.45) is 2.00. The van der Waals surface area contributed by atoms with Crippen molar-refractivity contribution in [3.8, 4) is 0 Å². The molecule has 0 radical (unpaired) electrons. The molecule has 1 amide bonds. The minimum Gasteiger partial charge on any atom is -0.361 e. The van der Waals surface area contributed by atoms with Gasteiger partial charge in [-0.2, -0.15) is 0 Å². The Bertz CT molecular complexity index is 803. The van der Waals surface area contributed by atoms with Gasteiger partial charge in [-0.15, -0.1) is 11.3 Å². The lowest BCUT2D eigenvalue weighted by Crippen LogP contribution is -2.13. The highest BCUT2D eigenvalue weighted by molar-refractivity contribution is 8.00. The van der Waals surface area contributed by atoms with Crippen LogP contribution < -0.4 is 5.32 Å². The maximum Gasteiger partial charge on any atom is 0.261 e. The van der Waals surface area contributed by atoms with E-state index in [0.29, 0.717) is 17.0 Å². The number of aryl methyl sites for hydroxylation is 2. The molecular weight excluding hydrogens is 306 g/mol. The van der Waals surface area contributed by atoms with E-state index < -0.39 is 0 Å². The highest BCUT2D eigenvalue weighted by atomic mass is 32.2. The first kappa shape index (κ1) is 14.1. The summed E-state index contributed by atoms with van der Waals surface area (Å²) in [6.45, 7) is 3.48. The summed E-state index contributed by atoms with van der Waals surface area (Å²) in [7, 11) is 0. The molecule has 0 unspecified atom stereocenters. The minimum atomic E-state index is -0.208. The van der Waals surface area contributed by atoms with Gasteiger partial charge in [0.1, 0.15) is 11.3 Å². The third-order valence-electron chi connectivity index (χ3n) is 3.06. The summed E-state index contributed by atoms with van der Waals surface area (Å²) < 4.78 is 7.09. The van der Waals surface area contributed by atoms with Crippen molar-refractivity contribution in [3.05, 3.63) is 35.2 Å². The number of benzene rings is 1. The fourth-order valence-corrected chi connectivity index (χ4v) is 3.60. The van der Waals surface area contributed by atoms with Gasteiger partial charge in [0, 0.05) is 5.69 Å². The normalized spacial score (nSPS) is 11.0. The van der Waals surface area contributed by atoms with Crippen LogP contribution in [0.1, 0.15) is 21.8 Å². The van der Waals surface area contributed by atoms with Crippen molar-refractivity contribution < 1.29 is 9.32 Å². The number of thioether (sulfide) groups is 1. The number of fused-ring (bicyclic) bond motifs is 1. The zero-order valence-corrected chi connectivity index (χ0v) is 13.4. The summed E-state index contributed by atoms with van der Waals surface area (Å²) >= 11 is 3.23. The molecule has 21 heavy (non-hydrogen) atoms. The Morgan fingerprint density at radius 3 is 2.86 bits per heavy atom. The molecule has 7 heteroatoms. The molecule has 2 heterocycles. The van der Waals surface area contributed by atoms with Crippen LogP contribution in [0.25, 0.3) is 10.2 Å². The minimum absolute atomic E-state index is 0.208. The Morgan fingerprint density at radius 1 is 1.38 bits per heavy atom. The monoisotopic (exact) mass is 319 g/mol. The summed E-state index contributed by atoms with van der Waals surface area (Å²) in [5, 5.41) is 6.68. The number of rotatable bonds is 3. The average molecular weight is 319 g/mol. The van der Waals surface area contributed by atoms with Gasteiger partial charge in [-0.3, -0.25) is 4.79 Å². The fraction of sp³-hybridized carbons (Fsp3) is 0.214. The first-order valence-corrected chi connectivity index (χ1v) is 8.31. The quantitative estimate of drug-likeness (QED) is 0.742. The number of thiazole rings is 1. The number of nitrogens with one attached hydrogen (secondary N) is 1. The van der Waals surface area contributed by atoms with Gasteiger partial charge < -0.3 is 9.84 Å². The van der Waals surface area contributed by atoms with Gasteiger partial charge in [0.15, 0.2) is 4.34 Å². The maximum atomic E-state index is 12.3. The second-order valence-electron chi connectivity index (χ2n) is 4.52. The Hall–Kier alpha value is -1.86. The van der Waals surface area contributed by atoms with Crippen molar-refractivity contribution in [3.63, 3.8) is 0 Å². The molecular formula is C14H13N3O2S2. The van der Waals surface area contributed by atoms with Gasteiger partial charge in [-0.1, -0.05) is 16.9 Å². The van der Waals surface area contributed by atoms with Crippen LogP contribution in [-0.2, 0) is 0 Å². The van der Waals surface area contributed by atoms with Crippen LogP contribution in [0.4, 0.5) is 5.69 Å². The largest absolute Gasteiger partial charge is 0.361 e. The molecule has 0 atom stereocenters. The highest BCUT2D eigenvalue weighted by Gasteiger charge is 2.17. The Morgan fingerprint density at radius 2 is 2.19 bits per heavy atom. The second-order valence-corrected chi connectivity index (χ2v) is 6.60. The van der Waals surface area contributed by atoms with Gasteiger partial charge in [0.25, 0.3) is 5.91 Å². The lowest BCUT2D eigenvalue weighted by atomic mass is 10.2. The molecule has 0 aliphatic heterocycles. The average Bonchev–Trinajstić information content (AvgIpc) is 3.01. The molecule has 3 rings (SSSR count). The van der Waals surface area contributed by atoms with Crippen LogP contribution in [-0.4, -0.2) is 22.3 Å². The zero-order valence-electron chi connectivity index (χ0n) is 11.8. The van der Waals surface area contributed by atoms with Crippen molar-refractivity contribution in [1.29, 1.82) is 0 Å². The number of hydrogen-bond acceptors (Lipinski definition) is 6. The lowest BCUT2D eigenvalue weighted by molar-refractivity contribution is 0.102. The molecule has 3 aromatic rings. The predicted molar refractivity (Wildman–Crippen MR) is 85.3 cm³/mol. The molecule has 0 aliphatic carbocycles. The van der Waals surface area contributed by atoms with E-state index in [9.17, 15) is 4.79 Å². The predicted octanol–water partition coefficient (Wildman–Crippen LogP) is 3.88. The SMILES string of the molecule is CSc1nc2ccc(NC(=O)c3c(C)noc3C)cc2s1. The van der Waals surface area contributed by atoms with Crippen molar-refractivity contribution in [1.82, 2.24) is 10.1 Å². The number of aromatic nitrogens is 2. The Labute approximate surface area is 129 Å². The summed E-state index contributed by atoms with van der Waals surface area (Å²) in [4.78, 5) is 16.8. The summed E-state index contributed by atoms with van der Waals surface area (Å²) in [5.41, 5.74) is 2.77. The van der Waals surface area contributed by atoms with E-state index in [1.165, 1.54) is 0 Å². The van der Waals surface area contributed by atoms with E-state index in [1.54, 1.807) is 36.9 Å². The van der Waals surface area contributed by atoms with Crippen molar-refractivity contribution >= 4 is 44.9 Å². The van der Waals surface area contributed by atoms with Crippen molar-refractivity contribution in [2.45, 2.75) is 18.2 Å². The molecule has 0 saturated carbocycles. The molecule has 2 aromatic heterocycles. The van der Waals surface area contributed by atoms with Crippen LogP contribution in [0.2, 0.25) is 0 Å². The van der Waals surface area contributed by atoms with E-state index in [-0.39, 0.29) is 5.91 Å². The molecule has 1 N–H and O–H groups in total. The van der Waals surface area contributed by atoms with Gasteiger partial charge in [0.05, 0.1) is 15.9 Å². The van der Waals surface area contributed by atoms with Gasteiger partial charge in [-0.05, 0) is 38.3 Å². The standard InChI is InChI=1S/C14H13N3O2S2/c1-7-12(8(2)19-17-7)13(18)15-9-4-5-10-11(6-9)21-14(16-10)20-3/h4-6H,1-3H3,(H,15,18). The number of carbonyl (C=O) groups is 1. The number of nitrogens with zero attached hydrogens (tertiary/aromatic N) is 2. The molecule has 108 valence electrons. The van der Waals surface area contributed by atoms with Crippen LogP contribution >= 0.6 is 23.1 Å². The number of hydrogen-bond donors (Lipinski definition) is 1. The van der Waals surface area contributed by atoms with Gasteiger partial charge in [0.2, 0.25) is 0 Å². The molecule has 0 fully saturated rings. The van der Waals surface area contributed by atoms with Crippen LogP contribution in [0, 0.1) is 13.8 Å². The van der Waals surface area contributed by atoms with E-state index in [1.807, 2.05) is 24.5 Å². The van der Waals surface area contributed by atoms with Crippen LogP contribution in [0.5, 0.6) is 0 Å². The lowest BCUT2D eigenvalue weighted by Gasteiger charge is -2.04. The maximum absolute atomic E-state index is 12.3. The fourth-order valence-electron chi connectivity index (χ4n) is 2.07. The van der Waals surface area contributed by atoms with Gasteiger partial charge >= 0.3 is 0 Å². The molecule has 0 aliphatic rings.